The molecular formula is C11H22N2O3S. The molecule has 0 aromatic carbocycles. The largest absolute Gasteiger partial charge is 0.326 e. The summed E-state index contributed by atoms with van der Waals surface area (Å²) in [5.41, 5.74) is 0. The lowest BCUT2D eigenvalue weighted by atomic mass is 10.2. The van der Waals surface area contributed by atoms with E-state index in [1.807, 2.05) is 13.8 Å². The highest BCUT2D eigenvalue weighted by Gasteiger charge is 2.36. The Labute approximate surface area is 103 Å². The van der Waals surface area contributed by atoms with Gasteiger partial charge in [0.2, 0.25) is 5.91 Å². The first-order valence-electron chi connectivity index (χ1n) is 6.13. The fourth-order valence-corrected chi connectivity index (χ4v) is 2.79. The minimum atomic E-state index is -2.93. The van der Waals surface area contributed by atoms with E-state index in [1.54, 1.807) is 4.90 Å². The number of rotatable bonds is 6. The number of nitrogens with zero attached hydrogens (tertiary/aromatic N) is 1. The van der Waals surface area contributed by atoms with Crippen LogP contribution >= 0.6 is 0 Å². The highest BCUT2D eigenvalue weighted by Crippen LogP contribution is 2.16. The predicted molar refractivity (Wildman–Crippen MR) is 67.3 cm³/mol. The van der Waals surface area contributed by atoms with Gasteiger partial charge in [0.25, 0.3) is 0 Å². The molecule has 0 aromatic heterocycles. The van der Waals surface area contributed by atoms with Crippen molar-refractivity contribution in [3.05, 3.63) is 0 Å². The van der Waals surface area contributed by atoms with Gasteiger partial charge in [0.1, 0.15) is 9.84 Å². The number of hydrogen-bond donors (Lipinski definition) is 1. The Morgan fingerprint density at radius 1 is 1.29 bits per heavy atom. The van der Waals surface area contributed by atoms with Gasteiger partial charge in [-0.1, -0.05) is 13.8 Å². The van der Waals surface area contributed by atoms with Crippen molar-refractivity contribution in [3.63, 3.8) is 0 Å². The molecule has 0 aliphatic carbocycles. The van der Waals surface area contributed by atoms with Crippen molar-refractivity contribution in [3.8, 4) is 0 Å². The molecule has 2 atom stereocenters. The molecule has 1 N–H and O–H groups in total. The van der Waals surface area contributed by atoms with E-state index in [1.165, 1.54) is 6.26 Å². The molecule has 1 heterocycles. The van der Waals surface area contributed by atoms with Gasteiger partial charge in [-0.25, -0.2) is 8.42 Å². The first-order valence-corrected chi connectivity index (χ1v) is 8.19. The van der Waals surface area contributed by atoms with Crippen LogP contribution in [-0.2, 0) is 14.6 Å². The minimum Gasteiger partial charge on any atom is -0.326 e. The highest BCUT2D eigenvalue weighted by atomic mass is 32.2. The number of nitrogens with one attached hydrogen (secondary N) is 1. The summed E-state index contributed by atoms with van der Waals surface area (Å²) in [6, 6.07) is -0.0989. The monoisotopic (exact) mass is 262 g/mol. The Kier molecular flexibility index (Phi) is 4.94. The van der Waals surface area contributed by atoms with Crippen LogP contribution in [0.1, 0.15) is 33.1 Å². The summed E-state index contributed by atoms with van der Waals surface area (Å²) in [7, 11) is -2.93. The van der Waals surface area contributed by atoms with Crippen LogP contribution < -0.4 is 5.32 Å². The second-order valence-corrected chi connectivity index (χ2v) is 6.83. The Hall–Kier alpha value is -0.620. The summed E-state index contributed by atoms with van der Waals surface area (Å²) >= 11 is 0. The van der Waals surface area contributed by atoms with Crippen LogP contribution in [0.5, 0.6) is 0 Å². The van der Waals surface area contributed by atoms with Gasteiger partial charge >= 0.3 is 0 Å². The normalized spacial score (nSPS) is 25.6. The number of sulfone groups is 1. The third-order valence-electron chi connectivity index (χ3n) is 3.06. The SMILES string of the molecule is CCC1NC(CC)N(CCCS(C)(=O)=O)C1=O. The first-order chi connectivity index (χ1) is 7.89. The van der Waals surface area contributed by atoms with Crippen molar-refractivity contribution in [1.29, 1.82) is 0 Å². The van der Waals surface area contributed by atoms with Crippen molar-refractivity contribution in [1.82, 2.24) is 10.2 Å². The fraction of sp³-hybridized carbons (Fsp3) is 0.909. The zero-order valence-corrected chi connectivity index (χ0v) is 11.6. The smallest absolute Gasteiger partial charge is 0.241 e. The molecule has 0 spiro atoms. The van der Waals surface area contributed by atoms with E-state index < -0.39 is 9.84 Å². The lowest BCUT2D eigenvalue weighted by Gasteiger charge is -2.22. The summed E-state index contributed by atoms with van der Waals surface area (Å²) in [5, 5.41) is 3.26. The number of carbonyl (C=O) groups is 1. The van der Waals surface area contributed by atoms with E-state index in [9.17, 15) is 13.2 Å². The number of hydrogen-bond acceptors (Lipinski definition) is 4. The zero-order valence-electron chi connectivity index (χ0n) is 10.8. The molecule has 5 nitrogen and oxygen atoms in total. The molecule has 1 aliphatic rings. The molecule has 0 bridgehead atoms. The first kappa shape index (κ1) is 14.4. The number of carbonyl (C=O) groups excluding carboxylic acids is 1. The Morgan fingerprint density at radius 2 is 1.94 bits per heavy atom. The summed E-state index contributed by atoms with van der Waals surface area (Å²) in [5.74, 6) is 0.247. The van der Waals surface area contributed by atoms with Gasteiger partial charge in [0, 0.05) is 12.8 Å². The van der Waals surface area contributed by atoms with Crippen molar-refractivity contribution in [2.45, 2.75) is 45.3 Å². The topological polar surface area (TPSA) is 66.5 Å². The van der Waals surface area contributed by atoms with E-state index in [2.05, 4.69) is 5.32 Å². The maximum Gasteiger partial charge on any atom is 0.241 e. The second kappa shape index (κ2) is 5.82. The molecule has 0 aromatic rings. The Bertz CT molecular complexity index is 367. The van der Waals surface area contributed by atoms with Crippen molar-refractivity contribution >= 4 is 15.7 Å². The molecule has 0 saturated carbocycles. The van der Waals surface area contributed by atoms with Crippen molar-refractivity contribution < 1.29 is 13.2 Å². The summed E-state index contributed by atoms with van der Waals surface area (Å²) in [6.07, 6.45) is 3.42. The van der Waals surface area contributed by atoms with Crippen LogP contribution in [0.4, 0.5) is 0 Å². The lowest BCUT2D eigenvalue weighted by Crippen LogP contribution is -2.37. The van der Waals surface area contributed by atoms with Crippen LogP contribution in [0, 0.1) is 0 Å². The van der Waals surface area contributed by atoms with Crippen LogP contribution in [0.15, 0.2) is 0 Å². The molecule has 1 amide bonds. The Balaban J connectivity index is 2.53. The van der Waals surface area contributed by atoms with E-state index in [-0.39, 0.29) is 23.9 Å². The van der Waals surface area contributed by atoms with Crippen LogP contribution in [0.3, 0.4) is 0 Å². The van der Waals surface area contributed by atoms with Gasteiger partial charge in [-0.2, -0.15) is 0 Å². The molecule has 1 fully saturated rings. The molecule has 1 rings (SSSR count). The van der Waals surface area contributed by atoms with E-state index in [0.29, 0.717) is 13.0 Å². The average Bonchev–Trinajstić information content (AvgIpc) is 2.54. The lowest BCUT2D eigenvalue weighted by molar-refractivity contribution is -0.130. The van der Waals surface area contributed by atoms with Crippen LogP contribution in [0.2, 0.25) is 0 Å². The highest BCUT2D eigenvalue weighted by molar-refractivity contribution is 7.90. The van der Waals surface area contributed by atoms with Gasteiger partial charge in [-0.3, -0.25) is 10.1 Å². The van der Waals surface area contributed by atoms with Crippen LogP contribution in [-0.4, -0.2) is 50.0 Å². The summed E-state index contributed by atoms with van der Waals surface area (Å²) < 4.78 is 22.1. The predicted octanol–water partition coefficient (Wildman–Crippen LogP) is 0.368. The summed E-state index contributed by atoms with van der Waals surface area (Å²) in [4.78, 5) is 13.8. The quantitative estimate of drug-likeness (QED) is 0.751. The number of amides is 1. The maximum absolute atomic E-state index is 12.0. The van der Waals surface area contributed by atoms with E-state index in [4.69, 9.17) is 0 Å². The molecule has 2 unspecified atom stereocenters. The Morgan fingerprint density at radius 3 is 2.41 bits per heavy atom. The van der Waals surface area contributed by atoms with E-state index >= 15 is 0 Å². The molecule has 100 valence electrons. The molecular weight excluding hydrogens is 240 g/mol. The fourth-order valence-electron chi connectivity index (χ4n) is 2.14. The molecule has 17 heavy (non-hydrogen) atoms. The maximum atomic E-state index is 12.0. The standard InChI is InChI=1S/C11H22N2O3S/c1-4-9-11(14)13(10(5-2)12-9)7-6-8-17(3,15)16/h9-10,12H,4-8H2,1-3H3. The van der Waals surface area contributed by atoms with Gasteiger partial charge < -0.3 is 4.90 Å². The van der Waals surface area contributed by atoms with Gasteiger partial charge in [-0.05, 0) is 19.3 Å². The van der Waals surface area contributed by atoms with Gasteiger partial charge in [0.15, 0.2) is 0 Å². The molecule has 1 saturated heterocycles. The minimum absolute atomic E-state index is 0.0620. The van der Waals surface area contributed by atoms with Crippen LogP contribution in [0.25, 0.3) is 0 Å². The average molecular weight is 262 g/mol. The van der Waals surface area contributed by atoms with Gasteiger partial charge in [0.05, 0.1) is 18.0 Å². The zero-order chi connectivity index (χ0) is 13.1. The van der Waals surface area contributed by atoms with Crippen molar-refractivity contribution in [2.24, 2.45) is 0 Å². The molecule has 6 heteroatoms. The summed E-state index contributed by atoms with van der Waals surface area (Å²) in [6.45, 7) is 4.52. The third kappa shape index (κ3) is 3.96. The van der Waals surface area contributed by atoms with Gasteiger partial charge in [-0.15, -0.1) is 0 Å². The third-order valence-corrected chi connectivity index (χ3v) is 4.09. The van der Waals surface area contributed by atoms with Crippen molar-refractivity contribution in [2.75, 3.05) is 18.6 Å². The second-order valence-electron chi connectivity index (χ2n) is 4.57. The molecule has 1 aliphatic heterocycles. The molecule has 0 radical (unpaired) electrons. The van der Waals surface area contributed by atoms with E-state index in [0.717, 1.165) is 12.8 Å².